The van der Waals surface area contributed by atoms with Crippen molar-refractivity contribution in [3.05, 3.63) is 29.8 Å². The normalized spacial score (nSPS) is 11.8. The molecule has 7 heteroatoms. The first-order valence-electron chi connectivity index (χ1n) is 5.95. The molecule has 0 unspecified atom stereocenters. The highest BCUT2D eigenvalue weighted by atomic mass is 16.4. The molecule has 20 heavy (non-hydrogen) atoms. The van der Waals surface area contributed by atoms with Gasteiger partial charge in [-0.2, -0.15) is 0 Å². The second-order valence-corrected chi connectivity index (χ2v) is 4.54. The van der Waals surface area contributed by atoms with Crippen LogP contribution in [0.25, 0.3) is 0 Å². The number of carbonyl (C=O) groups is 3. The van der Waals surface area contributed by atoms with Crippen molar-refractivity contribution in [3.8, 4) is 0 Å². The molecule has 1 rings (SSSR count). The van der Waals surface area contributed by atoms with Gasteiger partial charge in [0.05, 0.1) is 5.56 Å². The summed E-state index contributed by atoms with van der Waals surface area (Å²) in [6.07, 6.45) is 0. The van der Waals surface area contributed by atoms with E-state index in [1.54, 1.807) is 13.8 Å². The van der Waals surface area contributed by atoms with E-state index in [0.29, 0.717) is 5.69 Å². The van der Waals surface area contributed by atoms with Crippen LogP contribution in [0.5, 0.6) is 0 Å². The minimum absolute atomic E-state index is 0.0987. The topological polar surface area (TPSA) is 116 Å². The fourth-order valence-electron chi connectivity index (χ4n) is 1.52. The molecule has 1 aromatic rings. The molecule has 0 aliphatic carbocycles. The monoisotopic (exact) mass is 280 g/mol. The predicted octanol–water partition coefficient (Wildman–Crippen LogP) is 1.62. The molecule has 0 radical (unpaired) electrons. The Labute approximate surface area is 115 Å². The summed E-state index contributed by atoms with van der Waals surface area (Å²) in [7, 11) is 0. The molecule has 0 bridgehead atoms. The highest BCUT2D eigenvalue weighted by Gasteiger charge is 2.23. The first-order valence-corrected chi connectivity index (χ1v) is 5.95. The van der Waals surface area contributed by atoms with E-state index in [-0.39, 0.29) is 11.5 Å². The van der Waals surface area contributed by atoms with E-state index >= 15 is 0 Å². The third kappa shape index (κ3) is 4.27. The molecule has 0 aliphatic heterocycles. The van der Waals surface area contributed by atoms with Crippen LogP contribution in [0.3, 0.4) is 0 Å². The predicted molar refractivity (Wildman–Crippen MR) is 71.8 cm³/mol. The van der Waals surface area contributed by atoms with Gasteiger partial charge in [0.25, 0.3) is 0 Å². The van der Waals surface area contributed by atoms with Gasteiger partial charge in [-0.25, -0.2) is 14.4 Å². The highest BCUT2D eigenvalue weighted by molar-refractivity contribution is 5.93. The lowest BCUT2D eigenvalue weighted by Gasteiger charge is -2.18. The molecule has 108 valence electrons. The summed E-state index contributed by atoms with van der Waals surface area (Å²) in [5.74, 6) is -2.43. The first-order chi connectivity index (χ1) is 9.31. The van der Waals surface area contributed by atoms with E-state index < -0.39 is 24.0 Å². The molecule has 4 N–H and O–H groups in total. The SMILES string of the molecule is CC(C)[C@H](NC(=O)Nc1ccc(C(=O)O)cc1)C(=O)O. The van der Waals surface area contributed by atoms with Gasteiger partial charge in [-0.05, 0) is 30.2 Å². The molecule has 2 amide bonds. The number of aromatic carboxylic acids is 1. The fraction of sp³-hybridized carbons (Fsp3) is 0.308. The van der Waals surface area contributed by atoms with E-state index in [4.69, 9.17) is 10.2 Å². The number of carbonyl (C=O) groups excluding carboxylic acids is 1. The maximum Gasteiger partial charge on any atom is 0.335 e. The van der Waals surface area contributed by atoms with Crippen LogP contribution in [0.1, 0.15) is 24.2 Å². The molecule has 0 aromatic heterocycles. The Morgan fingerprint density at radius 1 is 1.05 bits per heavy atom. The number of hydrogen-bond acceptors (Lipinski definition) is 3. The summed E-state index contributed by atoms with van der Waals surface area (Å²) in [4.78, 5) is 33.3. The average molecular weight is 280 g/mol. The molecule has 7 nitrogen and oxygen atoms in total. The van der Waals surface area contributed by atoms with Gasteiger partial charge in [0.15, 0.2) is 0 Å². The second kappa shape index (κ2) is 6.55. The number of aliphatic carboxylic acids is 1. The lowest BCUT2D eigenvalue weighted by molar-refractivity contribution is -0.140. The Morgan fingerprint density at radius 2 is 1.60 bits per heavy atom. The summed E-state index contributed by atoms with van der Waals surface area (Å²) < 4.78 is 0. The number of benzene rings is 1. The van der Waals surface area contributed by atoms with E-state index in [1.807, 2.05) is 0 Å². The number of carboxylic acid groups (broad SMARTS) is 2. The Morgan fingerprint density at radius 3 is 2.00 bits per heavy atom. The third-order valence-corrected chi connectivity index (χ3v) is 2.61. The van der Waals surface area contributed by atoms with E-state index in [0.717, 1.165) is 0 Å². The zero-order chi connectivity index (χ0) is 15.3. The standard InChI is InChI=1S/C13H16N2O5/c1-7(2)10(12(18)19)15-13(20)14-9-5-3-8(4-6-9)11(16)17/h3-7,10H,1-2H3,(H,16,17)(H,18,19)(H2,14,15,20)/t10-/m0/s1. The van der Waals surface area contributed by atoms with Crippen molar-refractivity contribution in [3.63, 3.8) is 0 Å². The lowest BCUT2D eigenvalue weighted by atomic mass is 10.1. The number of carboxylic acids is 2. The Hall–Kier alpha value is -2.57. The largest absolute Gasteiger partial charge is 0.480 e. The molecule has 0 saturated heterocycles. The number of hydrogen-bond donors (Lipinski definition) is 4. The quantitative estimate of drug-likeness (QED) is 0.654. The first kappa shape index (κ1) is 15.5. The molecule has 0 aliphatic rings. The van der Waals surface area contributed by atoms with Crippen LogP contribution in [0.4, 0.5) is 10.5 Å². The van der Waals surface area contributed by atoms with Gasteiger partial charge in [-0.3, -0.25) is 0 Å². The van der Waals surface area contributed by atoms with Crippen molar-refractivity contribution in [1.82, 2.24) is 5.32 Å². The number of anilines is 1. The van der Waals surface area contributed by atoms with Crippen molar-refractivity contribution < 1.29 is 24.6 Å². The summed E-state index contributed by atoms with van der Waals surface area (Å²) in [5, 5.41) is 22.5. The number of nitrogens with one attached hydrogen (secondary N) is 2. The van der Waals surface area contributed by atoms with Crippen LogP contribution in [0, 0.1) is 5.92 Å². The van der Waals surface area contributed by atoms with Gasteiger partial charge in [0.1, 0.15) is 6.04 Å². The van der Waals surface area contributed by atoms with Crippen molar-refractivity contribution >= 4 is 23.7 Å². The molecule has 0 saturated carbocycles. The minimum atomic E-state index is -1.11. The molecular weight excluding hydrogens is 264 g/mol. The van der Waals surface area contributed by atoms with Crippen molar-refractivity contribution in [2.45, 2.75) is 19.9 Å². The zero-order valence-electron chi connectivity index (χ0n) is 11.1. The van der Waals surface area contributed by atoms with Crippen molar-refractivity contribution in [2.24, 2.45) is 5.92 Å². The second-order valence-electron chi connectivity index (χ2n) is 4.54. The Kier molecular flexibility index (Phi) is 5.08. The van der Waals surface area contributed by atoms with Gasteiger partial charge in [-0.1, -0.05) is 13.8 Å². The molecule has 0 fully saturated rings. The number of amides is 2. The van der Waals surface area contributed by atoms with Gasteiger partial charge in [-0.15, -0.1) is 0 Å². The Balaban J connectivity index is 2.66. The van der Waals surface area contributed by atoms with Crippen LogP contribution in [0.2, 0.25) is 0 Å². The molecule has 1 aromatic carbocycles. The van der Waals surface area contributed by atoms with Gasteiger partial charge in [0.2, 0.25) is 0 Å². The zero-order valence-corrected chi connectivity index (χ0v) is 11.1. The van der Waals surface area contributed by atoms with Gasteiger partial charge in [0, 0.05) is 5.69 Å². The highest BCUT2D eigenvalue weighted by Crippen LogP contribution is 2.10. The molecule has 0 spiro atoms. The average Bonchev–Trinajstić information content (AvgIpc) is 2.35. The van der Waals surface area contributed by atoms with Crippen molar-refractivity contribution in [2.75, 3.05) is 5.32 Å². The summed E-state index contributed by atoms with van der Waals surface area (Å²) >= 11 is 0. The maximum absolute atomic E-state index is 11.6. The third-order valence-electron chi connectivity index (χ3n) is 2.61. The molecular formula is C13H16N2O5. The smallest absolute Gasteiger partial charge is 0.335 e. The van der Waals surface area contributed by atoms with E-state index in [1.165, 1.54) is 24.3 Å². The van der Waals surface area contributed by atoms with E-state index in [9.17, 15) is 14.4 Å². The van der Waals surface area contributed by atoms with Crippen molar-refractivity contribution in [1.29, 1.82) is 0 Å². The Bertz CT molecular complexity index is 510. The summed E-state index contributed by atoms with van der Waals surface area (Å²) in [6, 6.07) is 3.88. The van der Waals surface area contributed by atoms with Crippen LogP contribution in [0.15, 0.2) is 24.3 Å². The maximum atomic E-state index is 11.6. The molecule has 1 atom stereocenters. The van der Waals surface area contributed by atoms with E-state index in [2.05, 4.69) is 10.6 Å². The molecule has 0 heterocycles. The van der Waals surface area contributed by atoms with Gasteiger partial charge >= 0.3 is 18.0 Å². The van der Waals surface area contributed by atoms with Crippen LogP contribution in [-0.4, -0.2) is 34.2 Å². The van der Waals surface area contributed by atoms with Crippen LogP contribution >= 0.6 is 0 Å². The summed E-state index contributed by atoms with van der Waals surface area (Å²) in [6.45, 7) is 3.36. The summed E-state index contributed by atoms with van der Waals surface area (Å²) in [5.41, 5.74) is 0.474. The van der Waals surface area contributed by atoms with Crippen LogP contribution < -0.4 is 10.6 Å². The number of urea groups is 1. The lowest BCUT2D eigenvalue weighted by Crippen LogP contribution is -2.46. The minimum Gasteiger partial charge on any atom is -0.480 e. The van der Waals surface area contributed by atoms with Gasteiger partial charge < -0.3 is 20.8 Å². The fourth-order valence-corrected chi connectivity index (χ4v) is 1.52. The number of rotatable bonds is 5. The van der Waals surface area contributed by atoms with Crippen LogP contribution in [-0.2, 0) is 4.79 Å².